The van der Waals surface area contributed by atoms with Crippen LogP contribution >= 0.6 is 0 Å². The number of anilines is 1. The van der Waals surface area contributed by atoms with E-state index >= 15 is 0 Å². The topological polar surface area (TPSA) is 39.1 Å². The van der Waals surface area contributed by atoms with Crippen LogP contribution in [0.1, 0.15) is 52.1 Å². The fourth-order valence-electron chi connectivity index (χ4n) is 3.56. The average molecular weight is 293 g/mol. The summed E-state index contributed by atoms with van der Waals surface area (Å²) in [6, 6.07) is 0.566. The number of hydrogen-bond acceptors (Lipinski definition) is 3. The van der Waals surface area contributed by atoms with Gasteiger partial charge in [0.15, 0.2) is 0 Å². The summed E-state index contributed by atoms with van der Waals surface area (Å²) in [5, 5.41) is 3.68. The van der Waals surface area contributed by atoms with Gasteiger partial charge in [0.1, 0.15) is 0 Å². The Morgan fingerprint density at radius 1 is 1.29 bits per heavy atom. The van der Waals surface area contributed by atoms with Gasteiger partial charge in [0.25, 0.3) is 0 Å². The van der Waals surface area contributed by atoms with Crippen molar-refractivity contribution < 1.29 is 4.74 Å². The molecule has 1 fully saturated rings. The number of rotatable bonds is 7. The maximum absolute atomic E-state index is 5.43. The summed E-state index contributed by atoms with van der Waals surface area (Å²) >= 11 is 0. The van der Waals surface area contributed by atoms with E-state index in [-0.39, 0.29) is 0 Å². The summed E-state index contributed by atoms with van der Waals surface area (Å²) in [4.78, 5) is 4.66. The SMILES string of the molecule is CCOCCCn1cc(C)nc1NC1CC(C)CC(C)C1. The van der Waals surface area contributed by atoms with Crippen molar-refractivity contribution in [2.24, 2.45) is 11.8 Å². The Bertz CT molecular complexity index is 420. The molecule has 0 aromatic carbocycles. The quantitative estimate of drug-likeness (QED) is 0.776. The van der Waals surface area contributed by atoms with E-state index in [4.69, 9.17) is 4.74 Å². The fraction of sp³-hybridized carbons (Fsp3) is 0.824. The van der Waals surface area contributed by atoms with Gasteiger partial charge in [0, 0.05) is 32.0 Å². The van der Waals surface area contributed by atoms with Crippen LogP contribution in [0.25, 0.3) is 0 Å². The average Bonchev–Trinajstić information content (AvgIpc) is 2.73. The standard InChI is InChI=1S/C17H31N3O/c1-5-21-8-6-7-20-12-15(4)18-17(20)19-16-10-13(2)9-14(3)11-16/h12-14,16H,5-11H2,1-4H3,(H,18,19). The Kier molecular flexibility index (Phi) is 6.09. The van der Waals surface area contributed by atoms with E-state index in [0.29, 0.717) is 6.04 Å². The third kappa shape index (κ3) is 5.03. The van der Waals surface area contributed by atoms with Crippen LogP contribution in [0, 0.1) is 18.8 Å². The normalized spacial score (nSPS) is 26.0. The van der Waals surface area contributed by atoms with Gasteiger partial charge in [0.2, 0.25) is 5.95 Å². The Hall–Kier alpha value is -1.03. The fourth-order valence-corrected chi connectivity index (χ4v) is 3.56. The van der Waals surface area contributed by atoms with Gasteiger partial charge in [-0.15, -0.1) is 0 Å². The molecule has 21 heavy (non-hydrogen) atoms. The van der Waals surface area contributed by atoms with Crippen molar-refractivity contribution >= 4 is 5.95 Å². The van der Waals surface area contributed by atoms with Crippen LogP contribution in [0.2, 0.25) is 0 Å². The molecule has 0 bridgehead atoms. The van der Waals surface area contributed by atoms with Crippen molar-refractivity contribution in [2.75, 3.05) is 18.5 Å². The molecule has 1 aromatic rings. The summed E-state index contributed by atoms with van der Waals surface area (Å²) in [6.45, 7) is 11.4. The third-order valence-corrected chi connectivity index (χ3v) is 4.30. The van der Waals surface area contributed by atoms with Crippen LogP contribution in [0.4, 0.5) is 5.95 Å². The lowest BCUT2D eigenvalue weighted by molar-refractivity contribution is 0.141. The lowest BCUT2D eigenvalue weighted by Crippen LogP contribution is -2.31. The van der Waals surface area contributed by atoms with Gasteiger partial charge < -0.3 is 14.6 Å². The predicted octanol–water partition coefficient (Wildman–Crippen LogP) is 3.85. The first-order valence-electron chi connectivity index (χ1n) is 8.46. The number of imidazole rings is 1. The highest BCUT2D eigenvalue weighted by atomic mass is 16.5. The molecule has 4 nitrogen and oxygen atoms in total. The lowest BCUT2D eigenvalue weighted by atomic mass is 9.80. The number of nitrogens with zero attached hydrogens (tertiary/aromatic N) is 2. The first kappa shape index (κ1) is 16.3. The van der Waals surface area contributed by atoms with Gasteiger partial charge >= 0.3 is 0 Å². The highest BCUT2D eigenvalue weighted by Gasteiger charge is 2.24. The van der Waals surface area contributed by atoms with E-state index in [9.17, 15) is 0 Å². The number of ether oxygens (including phenoxy) is 1. The smallest absolute Gasteiger partial charge is 0.203 e. The van der Waals surface area contributed by atoms with Crippen LogP contribution in [-0.4, -0.2) is 28.8 Å². The molecule has 2 rings (SSSR count). The van der Waals surface area contributed by atoms with Gasteiger partial charge in [-0.05, 0) is 51.4 Å². The molecule has 0 spiro atoms. The molecule has 1 aromatic heterocycles. The van der Waals surface area contributed by atoms with Crippen molar-refractivity contribution in [3.05, 3.63) is 11.9 Å². The second-order valence-electron chi connectivity index (χ2n) is 6.71. The monoisotopic (exact) mass is 293 g/mol. The molecule has 1 aliphatic rings. The highest BCUT2D eigenvalue weighted by Crippen LogP contribution is 2.30. The minimum absolute atomic E-state index is 0.566. The van der Waals surface area contributed by atoms with Gasteiger partial charge in [-0.2, -0.15) is 0 Å². The van der Waals surface area contributed by atoms with Crippen LogP contribution in [0.3, 0.4) is 0 Å². The number of hydrogen-bond donors (Lipinski definition) is 1. The highest BCUT2D eigenvalue weighted by molar-refractivity contribution is 5.30. The summed E-state index contributed by atoms with van der Waals surface area (Å²) in [6.07, 6.45) is 7.06. The molecule has 1 heterocycles. The van der Waals surface area contributed by atoms with Crippen molar-refractivity contribution in [2.45, 2.75) is 66.0 Å². The van der Waals surface area contributed by atoms with Crippen molar-refractivity contribution in [3.63, 3.8) is 0 Å². The van der Waals surface area contributed by atoms with Gasteiger partial charge in [-0.25, -0.2) is 4.98 Å². The molecule has 4 heteroatoms. The van der Waals surface area contributed by atoms with E-state index < -0.39 is 0 Å². The van der Waals surface area contributed by atoms with Crippen LogP contribution in [-0.2, 0) is 11.3 Å². The van der Waals surface area contributed by atoms with E-state index in [2.05, 4.69) is 41.8 Å². The summed E-state index contributed by atoms with van der Waals surface area (Å²) < 4.78 is 7.67. The van der Waals surface area contributed by atoms with Crippen molar-refractivity contribution in [1.29, 1.82) is 0 Å². The summed E-state index contributed by atoms with van der Waals surface area (Å²) in [7, 11) is 0. The van der Waals surface area contributed by atoms with Gasteiger partial charge in [-0.1, -0.05) is 13.8 Å². The molecule has 2 atom stereocenters. The Morgan fingerprint density at radius 2 is 2.00 bits per heavy atom. The molecule has 1 N–H and O–H groups in total. The molecule has 0 amide bonds. The number of nitrogens with one attached hydrogen (secondary N) is 1. The van der Waals surface area contributed by atoms with E-state index in [1.165, 1.54) is 19.3 Å². The zero-order chi connectivity index (χ0) is 15.2. The molecule has 1 saturated carbocycles. The van der Waals surface area contributed by atoms with Crippen LogP contribution in [0.5, 0.6) is 0 Å². The molecular weight excluding hydrogens is 262 g/mol. The molecular formula is C17H31N3O. The maximum Gasteiger partial charge on any atom is 0.203 e. The summed E-state index contributed by atoms with van der Waals surface area (Å²) in [5.74, 6) is 2.66. The molecule has 1 aliphatic carbocycles. The summed E-state index contributed by atoms with van der Waals surface area (Å²) in [5.41, 5.74) is 1.09. The number of aryl methyl sites for hydroxylation is 2. The molecule has 120 valence electrons. The van der Waals surface area contributed by atoms with Crippen molar-refractivity contribution in [1.82, 2.24) is 9.55 Å². The maximum atomic E-state index is 5.43. The largest absolute Gasteiger partial charge is 0.382 e. The second kappa shape index (κ2) is 7.83. The minimum Gasteiger partial charge on any atom is -0.382 e. The Labute approximate surface area is 129 Å². The Morgan fingerprint density at radius 3 is 2.67 bits per heavy atom. The number of aromatic nitrogens is 2. The van der Waals surface area contributed by atoms with Gasteiger partial charge in [0.05, 0.1) is 5.69 Å². The predicted molar refractivity (Wildman–Crippen MR) is 87.7 cm³/mol. The zero-order valence-electron chi connectivity index (χ0n) is 14.1. The van der Waals surface area contributed by atoms with E-state index in [0.717, 1.165) is 49.7 Å². The van der Waals surface area contributed by atoms with Crippen LogP contribution in [0.15, 0.2) is 6.20 Å². The van der Waals surface area contributed by atoms with E-state index in [1.54, 1.807) is 0 Å². The van der Waals surface area contributed by atoms with E-state index in [1.807, 2.05) is 6.92 Å². The zero-order valence-corrected chi connectivity index (χ0v) is 14.1. The van der Waals surface area contributed by atoms with Gasteiger partial charge in [-0.3, -0.25) is 0 Å². The first-order chi connectivity index (χ1) is 10.1. The third-order valence-electron chi connectivity index (χ3n) is 4.30. The van der Waals surface area contributed by atoms with Crippen molar-refractivity contribution in [3.8, 4) is 0 Å². The molecule has 2 unspecified atom stereocenters. The second-order valence-corrected chi connectivity index (χ2v) is 6.71. The van der Waals surface area contributed by atoms with Crippen LogP contribution < -0.4 is 5.32 Å². The minimum atomic E-state index is 0.566. The molecule has 0 aliphatic heterocycles. The lowest BCUT2D eigenvalue weighted by Gasteiger charge is -2.32. The Balaban J connectivity index is 1.92. The molecule has 0 saturated heterocycles. The molecule has 0 radical (unpaired) electrons. The first-order valence-corrected chi connectivity index (χ1v) is 8.46.